The molecule has 32 heavy (non-hydrogen) atoms. The Labute approximate surface area is 186 Å². The molecule has 10 heteroatoms. The van der Waals surface area contributed by atoms with Crippen LogP contribution in [0.5, 0.6) is 5.88 Å². The summed E-state index contributed by atoms with van der Waals surface area (Å²) in [7, 11) is -3.74. The number of hydrogen-bond acceptors (Lipinski definition) is 6. The molecule has 9 nitrogen and oxygen atoms in total. The van der Waals surface area contributed by atoms with Crippen LogP contribution in [-0.4, -0.2) is 54.6 Å². The van der Waals surface area contributed by atoms with E-state index < -0.39 is 15.9 Å². The molecule has 168 valence electrons. The Hall–Kier alpha value is -3.08. The summed E-state index contributed by atoms with van der Waals surface area (Å²) in [5.41, 5.74) is 1.06. The van der Waals surface area contributed by atoms with Gasteiger partial charge in [-0.3, -0.25) is 4.79 Å². The normalized spacial score (nSPS) is 15.7. The van der Waals surface area contributed by atoms with Gasteiger partial charge in [0.05, 0.1) is 23.6 Å². The van der Waals surface area contributed by atoms with E-state index in [-0.39, 0.29) is 41.2 Å². The zero-order valence-electron chi connectivity index (χ0n) is 17.8. The Kier molecular flexibility index (Phi) is 6.09. The molecular weight excluding hydrogens is 432 g/mol. The van der Waals surface area contributed by atoms with Crippen molar-refractivity contribution in [1.29, 1.82) is 0 Å². The topological polar surface area (TPSA) is 114 Å². The van der Waals surface area contributed by atoms with Crippen molar-refractivity contribution in [1.82, 2.24) is 8.87 Å². The fourth-order valence-corrected chi connectivity index (χ4v) is 5.19. The maximum atomic E-state index is 12.9. The Morgan fingerprint density at radius 1 is 1.09 bits per heavy atom. The fourth-order valence-electron chi connectivity index (χ4n) is 3.73. The maximum Gasteiger partial charge on any atom is 0.295 e. The molecule has 1 aromatic heterocycles. The first kappa shape index (κ1) is 22.1. The quantitative estimate of drug-likeness (QED) is 0.586. The van der Waals surface area contributed by atoms with Gasteiger partial charge >= 0.3 is 0 Å². The van der Waals surface area contributed by atoms with Crippen LogP contribution in [0.4, 0.5) is 5.69 Å². The van der Waals surface area contributed by atoms with Crippen LogP contribution in [0.15, 0.2) is 63.7 Å². The van der Waals surface area contributed by atoms with Crippen molar-refractivity contribution in [2.75, 3.05) is 26.3 Å². The molecule has 0 unspecified atom stereocenters. The highest BCUT2D eigenvalue weighted by Crippen LogP contribution is 2.40. The average Bonchev–Trinajstić information content (AvgIpc) is 3.09. The molecule has 2 aromatic carbocycles. The summed E-state index contributed by atoms with van der Waals surface area (Å²) in [4.78, 5) is 12.7. The maximum absolute atomic E-state index is 12.9. The molecule has 1 fully saturated rings. The van der Waals surface area contributed by atoms with Gasteiger partial charge in [0.1, 0.15) is 0 Å². The van der Waals surface area contributed by atoms with Gasteiger partial charge in [0.2, 0.25) is 15.9 Å². The highest BCUT2D eigenvalue weighted by Gasteiger charge is 2.27. The number of rotatable bonds is 5. The number of benzene rings is 2. The van der Waals surface area contributed by atoms with Crippen LogP contribution in [0.2, 0.25) is 0 Å². The van der Waals surface area contributed by atoms with E-state index in [1.165, 1.54) is 28.6 Å². The molecule has 2 heterocycles. The molecule has 3 aromatic rings. The number of ether oxygens (including phenoxy) is 1. The van der Waals surface area contributed by atoms with E-state index >= 15 is 0 Å². The van der Waals surface area contributed by atoms with Gasteiger partial charge in [-0.1, -0.05) is 24.3 Å². The summed E-state index contributed by atoms with van der Waals surface area (Å²) in [5, 5.41) is 19.1. The molecule has 0 atom stereocenters. The van der Waals surface area contributed by atoms with E-state index in [1.807, 2.05) is 32.0 Å². The smallest absolute Gasteiger partial charge is 0.295 e. The zero-order chi connectivity index (χ0) is 22.9. The van der Waals surface area contributed by atoms with E-state index in [9.17, 15) is 18.3 Å². The second-order valence-corrected chi connectivity index (χ2v) is 9.64. The molecule has 0 radical (unpaired) electrons. The molecule has 0 bridgehead atoms. The Morgan fingerprint density at radius 2 is 1.81 bits per heavy atom. The van der Waals surface area contributed by atoms with Crippen LogP contribution in [0.1, 0.15) is 30.2 Å². The summed E-state index contributed by atoms with van der Waals surface area (Å²) in [6.45, 7) is 5.05. The summed E-state index contributed by atoms with van der Waals surface area (Å²) in [6.07, 6.45) is 0. The number of carbonyl (C=O) groups excluding carboxylic acids is 1. The summed E-state index contributed by atoms with van der Waals surface area (Å²) < 4.78 is 34.0. The predicted octanol–water partition coefficient (Wildman–Crippen LogP) is 3.87. The van der Waals surface area contributed by atoms with Crippen molar-refractivity contribution in [3.63, 3.8) is 0 Å². The van der Waals surface area contributed by atoms with Crippen molar-refractivity contribution in [3.8, 4) is 5.88 Å². The van der Waals surface area contributed by atoms with E-state index in [2.05, 4.69) is 10.2 Å². The SMILES string of the molecule is CC(C)n1c(O)c(N=NC(=O)c2cccc(S(=O)(=O)N3CCOCC3)c2)c2ccccc21. The van der Waals surface area contributed by atoms with Crippen molar-refractivity contribution in [2.24, 2.45) is 10.2 Å². The second kappa shape index (κ2) is 8.81. The zero-order valence-corrected chi connectivity index (χ0v) is 18.6. The Balaban J connectivity index is 1.65. The van der Waals surface area contributed by atoms with Crippen molar-refractivity contribution in [3.05, 3.63) is 54.1 Å². The van der Waals surface area contributed by atoms with Gasteiger partial charge in [-0.05, 0) is 38.1 Å². The molecule has 1 aliphatic rings. The lowest BCUT2D eigenvalue weighted by Crippen LogP contribution is -2.40. The number of nitrogens with zero attached hydrogens (tertiary/aromatic N) is 4. The first-order valence-electron chi connectivity index (χ1n) is 10.3. The molecule has 0 aliphatic carbocycles. The minimum absolute atomic E-state index is 0.0136. The molecular formula is C22H24N4O5S. The first-order valence-corrected chi connectivity index (χ1v) is 11.7. The van der Waals surface area contributed by atoms with Gasteiger partial charge in [0.25, 0.3) is 5.91 Å². The Morgan fingerprint density at radius 3 is 2.53 bits per heavy atom. The third-order valence-corrected chi connectivity index (χ3v) is 7.20. The lowest BCUT2D eigenvalue weighted by molar-refractivity contribution is 0.0730. The number of amides is 1. The van der Waals surface area contributed by atoms with E-state index in [4.69, 9.17) is 4.74 Å². The van der Waals surface area contributed by atoms with Gasteiger partial charge in [0, 0.05) is 30.1 Å². The van der Waals surface area contributed by atoms with Crippen LogP contribution in [0.25, 0.3) is 10.9 Å². The number of azo groups is 1. The molecule has 1 aliphatic heterocycles. The van der Waals surface area contributed by atoms with Gasteiger partial charge in [-0.2, -0.15) is 4.31 Å². The summed E-state index contributed by atoms with van der Waals surface area (Å²) >= 11 is 0. The van der Waals surface area contributed by atoms with Crippen molar-refractivity contribution in [2.45, 2.75) is 24.8 Å². The largest absolute Gasteiger partial charge is 0.493 e. The number of sulfonamides is 1. The van der Waals surface area contributed by atoms with E-state index in [0.717, 1.165) is 5.52 Å². The van der Waals surface area contributed by atoms with Crippen LogP contribution in [0, 0.1) is 0 Å². The number of fused-ring (bicyclic) bond motifs is 1. The first-order chi connectivity index (χ1) is 15.3. The van der Waals surface area contributed by atoms with Gasteiger partial charge in [-0.25, -0.2) is 8.42 Å². The summed E-state index contributed by atoms with van der Waals surface area (Å²) in [5.74, 6) is -0.786. The fraction of sp³-hybridized carbons (Fsp3) is 0.318. The minimum atomic E-state index is -3.74. The highest BCUT2D eigenvalue weighted by molar-refractivity contribution is 7.89. The van der Waals surface area contributed by atoms with Gasteiger partial charge < -0.3 is 14.4 Å². The van der Waals surface area contributed by atoms with Gasteiger partial charge in [0.15, 0.2) is 5.69 Å². The number of morpholine rings is 1. The van der Waals surface area contributed by atoms with E-state index in [1.54, 1.807) is 10.6 Å². The van der Waals surface area contributed by atoms with Crippen LogP contribution in [0.3, 0.4) is 0 Å². The number of aromatic nitrogens is 1. The number of carbonyl (C=O) groups is 1. The predicted molar refractivity (Wildman–Crippen MR) is 119 cm³/mol. The Bertz CT molecular complexity index is 1290. The molecule has 0 saturated carbocycles. The average molecular weight is 457 g/mol. The standard InChI is InChI=1S/C22H24N4O5S/c1-15(2)26-19-9-4-3-8-18(19)20(22(26)28)23-24-21(27)16-6-5-7-17(14-16)32(29,30)25-10-12-31-13-11-25/h3-9,14-15,28H,10-13H2,1-2H3. The number of hydrogen-bond donors (Lipinski definition) is 1. The minimum Gasteiger partial charge on any atom is -0.493 e. The third kappa shape index (κ3) is 4.04. The van der Waals surface area contributed by atoms with Crippen LogP contribution >= 0.6 is 0 Å². The summed E-state index contributed by atoms with van der Waals surface area (Å²) in [6, 6.07) is 13.0. The number of para-hydroxylation sites is 1. The monoisotopic (exact) mass is 456 g/mol. The lowest BCUT2D eigenvalue weighted by atomic mass is 10.2. The van der Waals surface area contributed by atoms with Crippen LogP contribution in [-0.2, 0) is 14.8 Å². The molecule has 0 spiro atoms. The van der Waals surface area contributed by atoms with Crippen LogP contribution < -0.4 is 0 Å². The highest BCUT2D eigenvalue weighted by atomic mass is 32.2. The molecule has 1 N–H and O–H groups in total. The molecule has 1 saturated heterocycles. The van der Waals surface area contributed by atoms with Crippen molar-refractivity contribution < 1.29 is 23.1 Å². The molecule has 4 rings (SSSR count). The second-order valence-electron chi connectivity index (χ2n) is 7.70. The lowest BCUT2D eigenvalue weighted by Gasteiger charge is -2.26. The van der Waals surface area contributed by atoms with Gasteiger partial charge in [-0.15, -0.1) is 10.2 Å². The molecule has 1 amide bonds. The van der Waals surface area contributed by atoms with Crippen molar-refractivity contribution >= 4 is 32.5 Å². The number of aromatic hydroxyl groups is 1. The third-order valence-electron chi connectivity index (χ3n) is 5.30. The van der Waals surface area contributed by atoms with E-state index in [0.29, 0.717) is 18.6 Å².